The third-order valence-corrected chi connectivity index (χ3v) is 4.74. The Balaban J connectivity index is 1.56. The number of aryl methyl sites for hydroxylation is 1. The molecule has 1 aromatic heterocycles. The van der Waals surface area contributed by atoms with E-state index in [-0.39, 0.29) is 5.91 Å². The number of methoxy groups -OCH3 is 1. The normalized spacial score (nSPS) is 13.0. The van der Waals surface area contributed by atoms with E-state index in [1.54, 1.807) is 19.4 Å². The van der Waals surface area contributed by atoms with Crippen molar-refractivity contribution in [2.75, 3.05) is 23.9 Å². The van der Waals surface area contributed by atoms with Gasteiger partial charge < -0.3 is 15.0 Å². The molecule has 27 heavy (non-hydrogen) atoms. The van der Waals surface area contributed by atoms with Crippen LogP contribution < -0.4 is 15.0 Å². The van der Waals surface area contributed by atoms with Gasteiger partial charge in [0.1, 0.15) is 11.6 Å². The number of hydrogen-bond donors (Lipinski definition) is 1. The van der Waals surface area contributed by atoms with Crippen LogP contribution in [0.5, 0.6) is 5.75 Å². The van der Waals surface area contributed by atoms with E-state index in [4.69, 9.17) is 4.74 Å². The molecule has 1 N–H and O–H groups in total. The number of anilines is 3. The number of nitrogens with zero attached hydrogens (tertiary/aromatic N) is 2. The van der Waals surface area contributed by atoms with Crippen LogP contribution in [0, 0.1) is 0 Å². The summed E-state index contributed by atoms with van der Waals surface area (Å²) in [6.07, 6.45) is 3.83. The van der Waals surface area contributed by atoms with Gasteiger partial charge in [0.25, 0.3) is 5.91 Å². The van der Waals surface area contributed by atoms with Gasteiger partial charge in [0.05, 0.1) is 7.11 Å². The van der Waals surface area contributed by atoms with Crippen molar-refractivity contribution < 1.29 is 9.53 Å². The Morgan fingerprint density at radius 2 is 1.93 bits per heavy atom. The molecule has 1 amide bonds. The molecule has 2 heterocycles. The van der Waals surface area contributed by atoms with Crippen LogP contribution in [-0.2, 0) is 6.42 Å². The highest BCUT2D eigenvalue weighted by Gasteiger charge is 2.19. The maximum atomic E-state index is 12.7. The van der Waals surface area contributed by atoms with Gasteiger partial charge in [0.15, 0.2) is 0 Å². The highest BCUT2D eigenvalue weighted by atomic mass is 16.5. The average Bonchev–Trinajstić information content (AvgIpc) is 2.74. The van der Waals surface area contributed by atoms with Gasteiger partial charge in [0, 0.05) is 29.7 Å². The van der Waals surface area contributed by atoms with Gasteiger partial charge in [-0.25, -0.2) is 4.98 Å². The second-order valence-electron chi connectivity index (χ2n) is 6.47. The van der Waals surface area contributed by atoms with Crippen LogP contribution in [-0.4, -0.2) is 24.5 Å². The highest BCUT2D eigenvalue weighted by molar-refractivity contribution is 6.04. The summed E-state index contributed by atoms with van der Waals surface area (Å²) in [6.45, 7) is 0.896. The van der Waals surface area contributed by atoms with E-state index in [0.29, 0.717) is 5.56 Å². The van der Waals surface area contributed by atoms with Crippen LogP contribution in [0.2, 0.25) is 0 Å². The van der Waals surface area contributed by atoms with Gasteiger partial charge in [-0.2, -0.15) is 0 Å². The maximum absolute atomic E-state index is 12.7. The zero-order valence-corrected chi connectivity index (χ0v) is 15.2. The quantitative estimate of drug-likeness (QED) is 0.749. The van der Waals surface area contributed by atoms with E-state index in [0.717, 1.165) is 36.6 Å². The number of nitrogens with one attached hydrogen (secondary N) is 1. The molecule has 0 saturated carbocycles. The van der Waals surface area contributed by atoms with Gasteiger partial charge in [-0.1, -0.05) is 18.2 Å². The first-order valence-electron chi connectivity index (χ1n) is 9.01. The first kappa shape index (κ1) is 17.1. The van der Waals surface area contributed by atoms with Gasteiger partial charge in [0.2, 0.25) is 0 Å². The number of ether oxygens (including phenoxy) is 1. The Kier molecular flexibility index (Phi) is 4.75. The maximum Gasteiger partial charge on any atom is 0.255 e. The third-order valence-electron chi connectivity index (χ3n) is 4.74. The second kappa shape index (κ2) is 7.50. The number of fused-ring (bicyclic) bond motifs is 1. The van der Waals surface area contributed by atoms with Crippen molar-refractivity contribution in [1.29, 1.82) is 0 Å². The SMILES string of the molecule is COc1ccc(NC(=O)c2ccnc(N3CCCc4ccccc43)c2)cc1. The summed E-state index contributed by atoms with van der Waals surface area (Å²) in [5.41, 5.74) is 3.80. The highest BCUT2D eigenvalue weighted by Crippen LogP contribution is 2.32. The fourth-order valence-corrected chi connectivity index (χ4v) is 3.36. The lowest BCUT2D eigenvalue weighted by molar-refractivity contribution is 0.102. The number of carbonyl (C=O) groups is 1. The summed E-state index contributed by atoms with van der Waals surface area (Å²) in [4.78, 5) is 19.3. The zero-order valence-electron chi connectivity index (χ0n) is 15.2. The molecule has 0 aliphatic carbocycles. The molecule has 0 radical (unpaired) electrons. The van der Waals surface area contributed by atoms with E-state index in [9.17, 15) is 4.79 Å². The lowest BCUT2D eigenvalue weighted by Gasteiger charge is -2.30. The minimum Gasteiger partial charge on any atom is -0.497 e. The molecule has 0 unspecified atom stereocenters. The largest absolute Gasteiger partial charge is 0.497 e. The number of pyridine rings is 1. The van der Waals surface area contributed by atoms with E-state index < -0.39 is 0 Å². The summed E-state index contributed by atoms with van der Waals surface area (Å²) in [5.74, 6) is 1.39. The van der Waals surface area contributed by atoms with E-state index in [1.807, 2.05) is 36.4 Å². The molecular weight excluding hydrogens is 338 g/mol. The fourth-order valence-electron chi connectivity index (χ4n) is 3.36. The summed E-state index contributed by atoms with van der Waals surface area (Å²) in [5, 5.41) is 2.92. The van der Waals surface area contributed by atoms with Gasteiger partial charge in [-0.15, -0.1) is 0 Å². The molecule has 0 fully saturated rings. The summed E-state index contributed by atoms with van der Waals surface area (Å²) in [7, 11) is 1.62. The number of benzene rings is 2. The molecule has 3 aromatic rings. The first-order chi connectivity index (χ1) is 13.2. The van der Waals surface area contributed by atoms with Crippen LogP contribution >= 0.6 is 0 Å². The molecule has 0 spiro atoms. The Bertz CT molecular complexity index is 954. The van der Waals surface area contributed by atoms with Gasteiger partial charge in [-0.05, 0) is 60.9 Å². The standard InChI is InChI=1S/C22H21N3O2/c1-27-19-10-8-18(9-11-19)24-22(26)17-12-13-23-21(15-17)25-14-4-6-16-5-2-3-7-20(16)25/h2-3,5,7-13,15H,4,6,14H2,1H3,(H,24,26). The van der Waals surface area contributed by atoms with Crippen LogP contribution in [0.1, 0.15) is 22.3 Å². The molecule has 0 atom stereocenters. The lowest BCUT2D eigenvalue weighted by atomic mass is 10.0. The van der Waals surface area contributed by atoms with Crippen LogP contribution in [0.15, 0.2) is 66.9 Å². The molecule has 0 bridgehead atoms. The number of carbonyl (C=O) groups excluding carboxylic acids is 1. The van der Waals surface area contributed by atoms with Crippen LogP contribution in [0.25, 0.3) is 0 Å². The molecule has 1 aliphatic rings. The van der Waals surface area contributed by atoms with Crippen molar-refractivity contribution in [3.05, 3.63) is 78.0 Å². The van der Waals surface area contributed by atoms with E-state index >= 15 is 0 Å². The number of hydrogen-bond acceptors (Lipinski definition) is 4. The Labute approximate surface area is 158 Å². The Morgan fingerprint density at radius 3 is 2.74 bits per heavy atom. The minimum atomic E-state index is -0.158. The van der Waals surface area contributed by atoms with Crippen molar-refractivity contribution in [1.82, 2.24) is 4.98 Å². The summed E-state index contributed by atoms with van der Waals surface area (Å²) in [6, 6.07) is 19.2. The molecule has 5 heteroatoms. The van der Waals surface area contributed by atoms with Crippen LogP contribution in [0.4, 0.5) is 17.2 Å². The molecule has 0 saturated heterocycles. The van der Waals surface area contributed by atoms with Gasteiger partial charge in [-0.3, -0.25) is 4.79 Å². The Hall–Kier alpha value is -3.34. The number of aromatic nitrogens is 1. The molecule has 1 aliphatic heterocycles. The predicted molar refractivity (Wildman–Crippen MR) is 107 cm³/mol. The van der Waals surface area contributed by atoms with Crippen molar-refractivity contribution >= 4 is 23.1 Å². The molecule has 2 aromatic carbocycles. The zero-order chi connectivity index (χ0) is 18.6. The molecule has 136 valence electrons. The fraction of sp³-hybridized carbons (Fsp3) is 0.182. The number of para-hydroxylation sites is 1. The number of rotatable bonds is 4. The minimum absolute atomic E-state index is 0.158. The van der Waals surface area contributed by atoms with Crippen LogP contribution in [0.3, 0.4) is 0 Å². The molecular formula is C22H21N3O2. The van der Waals surface area contributed by atoms with Crippen molar-refractivity contribution in [2.45, 2.75) is 12.8 Å². The number of amides is 1. The lowest BCUT2D eigenvalue weighted by Crippen LogP contribution is -2.25. The molecule has 4 rings (SSSR count). The van der Waals surface area contributed by atoms with Gasteiger partial charge >= 0.3 is 0 Å². The summed E-state index contributed by atoms with van der Waals surface area (Å²) < 4.78 is 5.14. The van der Waals surface area contributed by atoms with Crippen molar-refractivity contribution in [2.24, 2.45) is 0 Å². The monoisotopic (exact) mass is 359 g/mol. The van der Waals surface area contributed by atoms with E-state index in [2.05, 4.69) is 33.4 Å². The molecule has 5 nitrogen and oxygen atoms in total. The van der Waals surface area contributed by atoms with E-state index in [1.165, 1.54) is 11.3 Å². The first-order valence-corrected chi connectivity index (χ1v) is 9.01. The summed E-state index contributed by atoms with van der Waals surface area (Å²) >= 11 is 0. The smallest absolute Gasteiger partial charge is 0.255 e. The van der Waals surface area contributed by atoms with Crippen molar-refractivity contribution in [3.63, 3.8) is 0 Å². The van der Waals surface area contributed by atoms with Crippen molar-refractivity contribution in [3.8, 4) is 5.75 Å². The predicted octanol–water partition coefficient (Wildman–Crippen LogP) is 4.43. The topological polar surface area (TPSA) is 54.5 Å². The third kappa shape index (κ3) is 3.62. The Morgan fingerprint density at radius 1 is 1.11 bits per heavy atom. The average molecular weight is 359 g/mol. The second-order valence-corrected chi connectivity index (χ2v) is 6.47.